The van der Waals surface area contributed by atoms with Crippen LogP contribution in [-0.4, -0.2) is 5.11 Å². The SMILES string of the molecule is O[CH]c1ccc(I)c(C2CC2)c1. The molecule has 2 rings (SSSR count). The van der Waals surface area contributed by atoms with Gasteiger partial charge >= 0.3 is 0 Å². The lowest BCUT2D eigenvalue weighted by Crippen LogP contribution is -1.88. The Morgan fingerprint density at radius 2 is 2.17 bits per heavy atom. The molecule has 1 N–H and O–H groups in total. The molecule has 0 unspecified atom stereocenters. The van der Waals surface area contributed by atoms with Crippen molar-refractivity contribution in [1.29, 1.82) is 0 Å². The molecule has 0 saturated heterocycles. The van der Waals surface area contributed by atoms with Gasteiger partial charge in [-0.05, 0) is 58.5 Å². The van der Waals surface area contributed by atoms with E-state index in [0.717, 1.165) is 11.5 Å². The Labute approximate surface area is 85.9 Å². The molecule has 1 fully saturated rings. The summed E-state index contributed by atoms with van der Waals surface area (Å²) in [6.45, 7) is 1.17. The molecule has 1 nitrogen and oxygen atoms in total. The van der Waals surface area contributed by atoms with Crippen molar-refractivity contribution in [2.45, 2.75) is 18.8 Å². The fourth-order valence-electron chi connectivity index (χ4n) is 1.35. The molecule has 0 spiro atoms. The Balaban J connectivity index is 2.36. The number of rotatable bonds is 2. The van der Waals surface area contributed by atoms with Gasteiger partial charge in [0.25, 0.3) is 0 Å². The third-order valence-corrected chi connectivity index (χ3v) is 3.17. The molecule has 1 saturated carbocycles. The molecule has 1 radical (unpaired) electrons. The van der Waals surface area contributed by atoms with Crippen molar-refractivity contribution < 1.29 is 5.11 Å². The summed E-state index contributed by atoms with van der Waals surface area (Å²) in [6, 6.07) is 6.09. The van der Waals surface area contributed by atoms with Crippen molar-refractivity contribution in [3.8, 4) is 0 Å². The fraction of sp³-hybridized carbons (Fsp3) is 0.300. The van der Waals surface area contributed by atoms with Crippen molar-refractivity contribution in [2.24, 2.45) is 0 Å². The van der Waals surface area contributed by atoms with Gasteiger partial charge in [-0.3, -0.25) is 0 Å². The van der Waals surface area contributed by atoms with E-state index in [9.17, 15) is 0 Å². The van der Waals surface area contributed by atoms with E-state index in [-0.39, 0.29) is 0 Å². The fourth-order valence-corrected chi connectivity index (χ4v) is 2.13. The van der Waals surface area contributed by atoms with Gasteiger partial charge in [-0.1, -0.05) is 12.1 Å². The zero-order valence-corrected chi connectivity index (χ0v) is 8.78. The molecular weight excluding hydrogens is 263 g/mol. The zero-order valence-electron chi connectivity index (χ0n) is 6.63. The van der Waals surface area contributed by atoms with E-state index in [4.69, 9.17) is 5.11 Å². The third-order valence-electron chi connectivity index (χ3n) is 2.19. The van der Waals surface area contributed by atoms with E-state index in [1.807, 2.05) is 6.07 Å². The van der Waals surface area contributed by atoms with Crippen molar-refractivity contribution in [1.82, 2.24) is 0 Å². The van der Waals surface area contributed by atoms with Crippen molar-refractivity contribution in [3.63, 3.8) is 0 Å². The Bertz CT molecular complexity index is 292. The first-order valence-electron chi connectivity index (χ1n) is 4.08. The van der Waals surface area contributed by atoms with Crippen LogP contribution in [0, 0.1) is 10.2 Å². The van der Waals surface area contributed by atoms with Gasteiger partial charge in [0, 0.05) is 3.57 Å². The van der Waals surface area contributed by atoms with E-state index in [2.05, 4.69) is 34.7 Å². The zero-order chi connectivity index (χ0) is 8.55. The minimum Gasteiger partial charge on any atom is -0.385 e. The molecular formula is C10H10IO. The predicted molar refractivity (Wildman–Crippen MR) is 56.5 cm³/mol. The maximum absolute atomic E-state index is 8.83. The van der Waals surface area contributed by atoms with Crippen molar-refractivity contribution >= 4 is 22.6 Å². The number of aliphatic hydroxyl groups excluding tert-OH is 1. The summed E-state index contributed by atoms with van der Waals surface area (Å²) >= 11 is 2.35. The highest BCUT2D eigenvalue weighted by Crippen LogP contribution is 2.42. The minimum absolute atomic E-state index is 0.761. The first-order valence-corrected chi connectivity index (χ1v) is 5.16. The lowest BCUT2D eigenvalue weighted by molar-refractivity contribution is 0.415. The Morgan fingerprint density at radius 1 is 1.42 bits per heavy atom. The molecule has 0 aliphatic heterocycles. The summed E-state index contributed by atoms with van der Waals surface area (Å²) in [6.07, 6.45) is 2.62. The lowest BCUT2D eigenvalue weighted by atomic mass is 10.1. The third kappa shape index (κ3) is 1.64. The van der Waals surface area contributed by atoms with Crippen molar-refractivity contribution in [3.05, 3.63) is 39.5 Å². The van der Waals surface area contributed by atoms with Gasteiger partial charge in [0.1, 0.15) is 6.61 Å². The van der Waals surface area contributed by atoms with Crippen LogP contribution in [0.5, 0.6) is 0 Å². The van der Waals surface area contributed by atoms with Crippen LogP contribution in [0.2, 0.25) is 0 Å². The molecule has 2 heteroatoms. The van der Waals surface area contributed by atoms with E-state index in [1.165, 1.54) is 28.6 Å². The van der Waals surface area contributed by atoms with E-state index >= 15 is 0 Å². The van der Waals surface area contributed by atoms with Crippen LogP contribution in [0.25, 0.3) is 0 Å². The second-order valence-corrected chi connectivity index (χ2v) is 4.35. The normalized spacial score (nSPS) is 16.5. The van der Waals surface area contributed by atoms with E-state index in [1.54, 1.807) is 0 Å². The minimum atomic E-state index is 0.761. The number of benzene rings is 1. The summed E-state index contributed by atoms with van der Waals surface area (Å²) in [4.78, 5) is 0. The summed E-state index contributed by atoms with van der Waals surface area (Å²) in [5, 5.41) is 8.83. The average Bonchev–Trinajstić information content (AvgIpc) is 2.88. The number of hydrogen-bond donors (Lipinski definition) is 1. The van der Waals surface area contributed by atoms with Gasteiger partial charge in [0.15, 0.2) is 0 Å². The van der Waals surface area contributed by atoms with Gasteiger partial charge in [0.05, 0.1) is 0 Å². The summed E-state index contributed by atoms with van der Waals surface area (Å²) in [5.74, 6) is 0.761. The smallest absolute Gasteiger partial charge is 0.109 e. The second-order valence-electron chi connectivity index (χ2n) is 3.18. The van der Waals surface area contributed by atoms with Crippen LogP contribution in [-0.2, 0) is 0 Å². The largest absolute Gasteiger partial charge is 0.385 e. The topological polar surface area (TPSA) is 20.2 Å². The second kappa shape index (κ2) is 3.34. The first kappa shape index (κ1) is 8.51. The van der Waals surface area contributed by atoms with Gasteiger partial charge < -0.3 is 5.11 Å². The Morgan fingerprint density at radius 3 is 2.75 bits per heavy atom. The average molecular weight is 273 g/mol. The highest BCUT2D eigenvalue weighted by atomic mass is 127. The maximum Gasteiger partial charge on any atom is 0.109 e. The standard InChI is InChI=1S/C10H10IO/c11-10-4-1-7(6-12)5-9(10)8-2-3-8/h1,4-6,8,12H,2-3H2. The van der Waals surface area contributed by atoms with Crippen molar-refractivity contribution in [2.75, 3.05) is 0 Å². The monoisotopic (exact) mass is 273 g/mol. The summed E-state index contributed by atoms with van der Waals surface area (Å²) in [7, 11) is 0. The molecule has 12 heavy (non-hydrogen) atoms. The number of hydrogen-bond acceptors (Lipinski definition) is 1. The molecule has 0 heterocycles. The molecule has 0 amide bonds. The highest BCUT2D eigenvalue weighted by molar-refractivity contribution is 14.1. The van der Waals surface area contributed by atoms with Crippen LogP contribution >= 0.6 is 22.6 Å². The van der Waals surface area contributed by atoms with Gasteiger partial charge in [-0.25, -0.2) is 0 Å². The first-order chi connectivity index (χ1) is 5.81. The van der Waals surface area contributed by atoms with Crippen LogP contribution in [0.3, 0.4) is 0 Å². The number of aliphatic hydroxyl groups is 1. The van der Waals surface area contributed by atoms with E-state index in [0.29, 0.717) is 0 Å². The summed E-state index contributed by atoms with van der Waals surface area (Å²) in [5.41, 5.74) is 2.32. The van der Waals surface area contributed by atoms with Crippen LogP contribution in [0.1, 0.15) is 29.9 Å². The molecule has 63 valence electrons. The highest BCUT2D eigenvalue weighted by Gasteiger charge is 2.25. The van der Waals surface area contributed by atoms with Gasteiger partial charge in [0.2, 0.25) is 0 Å². The predicted octanol–water partition coefficient (Wildman–Crippen LogP) is 3.05. The maximum atomic E-state index is 8.83. The molecule has 1 aliphatic carbocycles. The quantitative estimate of drug-likeness (QED) is 0.821. The summed E-state index contributed by atoms with van der Waals surface area (Å²) < 4.78 is 1.32. The van der Waals surface area contributed by atoms with Crippen LogP contribution < -0.4 is 0 Å². The Kier molecular flexibility index (Phi) is 2.37. The van der Waals surface area contributed by atoms with Crippen LogP contribution in [0.15, 0.2) is 18.2 Å². The molecule has 0 bridgehead atoms. The number of halogens is 1. The van der Waals surface area contributed by atoms with Gasteiger partial charge in [-0.2, -0.15) is 0 Å². The van der Waals surface area contributed by atoms with Crippen LogP contribution in [0.4, 0.5) is 0 Å². The Hall–Kier alpha value is -0.0900. The van der Waals surface area contributed by atoms with Gasteiger partial charge in [-0.15, -0.1) is 0 Å². The molecule has 0 aromatic heterocycles. The lowest BCUT2D eigenvalue weighted by Gasteiger charge is -2.03. The molecule has 0 atom stereocenters. The van der Waals surface area contributed by atoms with E-state index < -0.39 is 0 Å². The molecule has 1 aromatic rings. The molecule has 1 aliphatic rings. The molecule has 1 aromatic carbocycles.